The molecule has 4 heteroatoms. The van der Waals surface area contributed by atoms with Crippen molar-refractivity contribution in [2.75, 3.05) is 12.4 Å². The lowest BCUT2D eigenvalue weighted by Crippen LogP contribution is -2.03. The topological polar surface area (TPSA) is 34.1 Å². The number of aryl methyl sites for hydroxylation is 2. The second kappa shape index (κ2) is 5.69. The van der Waals surface area contributed by atoms with Crippen molar-refractivity contribution >= 4 is 5.69 Å². The Balaban J connectivity index is 2.09. The van der Waals surface area contributed by atoms with Gasteiger partial charge in [-0.05, 0) is 31.5 Å². The number of ether oxygens (including phenoxy) is 1. The maximum Gasteiger partial charge on any atom is 0.128 e. The van der Waals surface area contributed by atoms with E-state index >= 15 is 0 Å². The van der Waals surface area contributed by atoms with Crippen LogP contribution in [0, 0.1) is 19.7 Å². The molecule has 1 aromatic carbocycles. The fourth-order valence-electron chi connectivity index (χ4n) is 1.81. The molecule has 0 unspecified atom stereocenters. The van der Waals surface area contributed by atoms with E-state index in [1.54, 1.807) is 20.1 Å². The van der Waals surface area contributed by atoms with Crippen molar-refractivity contribution in [2.45, 2.75) is 20.4 Å². The molecular formula is C15H17FN2O. The first-order valence-corrected chi connectivity index (χ1v) is 6.10. The molecular weight excluding hydrogens is 243 g/mol. The summed E-state index contributed by atoms with van der Waals surface area (Å²) >= 11 is 0. The number of pyridine rings is 1. The van der Waals surface area contributed by atoms with E-state index in [2.05, 4.69) is 10.3 Å². The Kier molecular flexibility index (Phi) is 4.00. The minimum absolute atomic E-state index is 0.209. The van der Waals surface area contributed by atoms with Gasteiger partial charge in [-0.2, -0.15) is 0 Å². The quantitative estimate of drug-likeness (QED) is 0.914. The van der Waals surface area contributed by atoms with Crippen LogP contribution in [-0.4, -0.2) is 12.1 Å². The van der Waals surface area contributed by atoms with Crippen molar-refractivity contribution in [3.8, 4) is 5.75 Å². The van der Waals surface area contributed by atoms with Gasteiger partial charge in [0.2, 0.25) is 0 Å². The van der Waals surface area contributed by atoms with Crippen molar-refractivity contribution in [1.29, 1.82) is 0 Å². The largest absolute Gasteiger partial charge is 0.497 e. The number of rotatable bonds is 4. The Morgan fingerprint density at radius 1 is 1.21 bits per heavy atom. The normalized spacial score (nSPS) is 10.3. The van der Waals surface area contributed by atoms with E-state index < -0.39 is 0 Å². The molecule has 0 fully saturated rings. The summed E-state index contributed by atoms with van der Waals surface area (Å²) in [7, 11) is 1.63. The predicted molar refractivity (Wildman–Crippen MR) is 74.0 cm³/mol. The number of halogens is 1. The minimum Gasteiger partial charge on any atom is -0.497 e. The number of methoxy groups -OCH3 is 1. The second-order valence-corrected chi connectivity index (χ2v) is 4.46. The van der Waals surface area contributed by atoms with Gasteiger partial charge in [-0.3, -0.25) is 4.98 Å². The van der Waals surface area contributed by atoms with Crippen molar-refractivity contribution in [2.24, 2.45) is 0 Å². The first-order valence-electron chi connectivity index (χ1n) is 6.10. The highest BCUT2D eigenvalue weighted by Gasteiger charge is 2.02. The zero-order valence-corrected chi connectivity index (χ0v) is 11.3. The molecule has 0 bridgehead atoms. The van der Waals surface area contributed by atoms with Crippen LogP contribution in [0.2, 0.25) is 0 Å². The van der Waals surface area contributed by atoms with E-state index in [-0.39, 0.29) is 5.82 Å². The highest BCUT2D eigenvalue weighted by atomic mass is 19.1. The molecule has 0 aliphatic rings. The average molecular weight is 260 g/mol. The van der Waals surface area contributed by atoms with Crippen LogP contribution in [-0.2, 0) is 6.54 Å². The fourth-order valence-corrected chi connectivity index (χ4v) is 1.81. The second-order valence-electron chi connectivity index (χ2n) is 4.46. The van der Waals surface area contributed by atoms with Crippen LogP contribution in [0.15, 0.2) is 30.3 Å². The van der Waals surface area contributed by atoms with Crippen molar-refractivity contribution in [3.63, 3.8) is 0 Å². The Labute approximate surface area is 112 Å². The molecule has 19 heavy (non-hydrogen) atoms. The number of nitrogens with one attached hydrogen (secondary N) is 1. The SMILES string of the molecule is COc1cc(C)nc(CNc2ccc(C)c(F)c2)c1. The lowest BCUT2D eigenvalue weighted by molar-refractivity contribution is 0.413. The molecule has 1 N–H and O–H groups in total. The zero-order chi connectivity index (χ0) is 13.8. The third-order valence-corrected chi connectivity index (χ3v) is 2.86. The molecule has 100 valence electrons. The van der Waals surface area contributed by atoms with Gasteiger partial charge in [0.15, 0.2) is 0 Å². The van der Waals surface area contributed by atoms with E-state index in [9.17, 15) is 4.39 Å². The summed E-state index contributed by atoms with van der Waals surface area (Å²) in [5.41, 5.74) is 3.13. The van der Waals surface area contributed by atoms with Gasteiger partial charge in [-0.15, -0.1) is 0 Å². The Bertz CT molecular complexity index is 584. The number of aromatic nitrogens is 1. The van der Waals surface area contributed by atoms with Crippen molar-refractivity contribution in [3.05, 3.63) is 53.1 Å². The molecule has 0 saturated heterocycles. The molecule has 0 amide bonds. The van der Waals surface area contributed by atoms with Gasteiger partial charge in [0.05, 0.1) is 19.3 Å². The van der Waals surface area contributed by atoms with Crippen LogP contribution >= 0.6 is 0 Å². The molecule has 0 saturated carbocycles. The van der Waals surface area contributed by atoms with Gasteiger partial charge < -0.3 is 10.1 Å². The smallest absolute Gasteiger partial charge is 0.128 e. The van der Waals surface area contributed by atoms with Crippen LogP contribution in [0.3, 0.4) is 0 Å². The maximum atomic E-state index is 13.4. The fraction of sp³-hybridized carbons (Fsp3) is 0.267. The van der Waals surface area contributed by atoms with Crippen molar-refractivity contribution in [1.82, 2.24) is 4.98 Å². The van der Waals surface area contributed by atoms with E-state index in [0.717, 1.165) is 22.8 Å². The first-order chi connectivity index (χ1) is 9.08. The first kappa shape index (κ1) is 13.3. The number of nitrogens with zero attached hydrogens (tertiary/aromatic N) is 1. The van der Waals surface area contributed by atoms with Crippen LogP contribution in [0.4, 0.5) is 10.1 Å². The number of hydrogen-bond acceptors (Lipinski definition) is 3. The third-order valence-electron chi connectivity index (χ3n) is 2.86. The summed E-state index contributed by atoms with van der Waals surface area (Å²) in [6.07, 6.45) is 0. The number of benzene rings is 1. The van der Waals surface area contributed by atoms with Gasteiger partial charge in [0.25, 0.3) is 0 Å². The van der Waals surface area contributed by atoms with E-state index in [0.29, 0.717) is 12.1 Å². The molecule has 2 aromatic rings. The zero-order valence-electron chi connectivity index (χ0n) is 11.3. The summed E-state index contributed by atoms with van der Waals surface area (Å²) in [5, 5.41) is 3.15. The molecule has 3 nitrogen and oxygen atoms in total. The Morgan fingerprint density at radius 2 is 2.00 bits per heavy atom. The van der Waals surface area contributed by atoms with Gasteiger partial charge in [-0.1, -0.05) is 6.07 Å². The number of anilines is 1. The van der Waals surface area contributed by atoms with Gasteiger partial charge in [0.1, 0.15) is 11.6 Å². The molecule has 0 radical (unpaired) electrons. The Hall–Kier alpha value is -2.10. The minimum atomic E-state index is -0.209. The third kappa shape index (κ3) is 3.44. The highest BCUT2D eigenvalue weighted by molar-refractivity contribution is 5.45. The van der Waals surface area contributed by atoms with E-state index in [1.165, 1.54) is 6.07 Å². The molecule has 0 aliphatic heterocycles. The van der Waals surface area contributed by atoms with Crippen LogP contribution in [0.5, 0.6) is 5.75 Å². The molecule has 2 rings (SSSR count). The summed E-state index contributed by atoms with van der Waals surface area (Å²) in [5.74, 6) is 0.569. The Morgan fingerprint density at radius 3 is 2.68 bits per heavy atom. The molecule has 0 spiro atoms. The van der Waals surface area contributed by atoms with Crippen LogP contribution in [0.1, 0.15) is 17.0 Å². The lowest BCUT2D eigenvalue weighted by atomic mass is 10.2. The molecule has 0 atom stereocenters. The van der Waals surface area contributed by atoms with Gasteiger partial charge >= 0.3 is 0 Å². The lowest BCUT2D eigenvalue weighted by Gasteiger charge is -2.09. The summed E-state index contributed by atoms with van der Waals surface area (Å²) in [6.45, 7) is 4.18. The average Bonchev–Trinajstić information content (AvgIpc) is 2.39. The summed E-state index contributed by atoms with van der Waals surface area (Å²) < 4.78 is 18.6. The highest BCUT2D eigenvalue weighted by Crippen LogP contribution is 2.17. The van der Waals surface area contributed by atoms with Crippen LogP contribution in [0.25, 0.3) is 0 Å². The maximum absolute atomic E-state index is 13.4. The van der Waals surface area contributed by atoms with E-state index in [4.69, 9.17) is 4.74 Å². The van der Waals surface area contributed by atoms with Crippen LogP contribution < -0.4 is 10.1 Å². The molecule has 0 aliphatic carbocycles. The van der Waals surface area contributed by atoms with Crippen molar-refractivity contribution < 1.29 is 9.13 Å². The number of hydrogen-bond donors (Lipinski definition) is 1. The predicted octanol–water partition coefficient (Wildman–Crippen LogP) is 3.46. The molecule has 1 aromatic heterocycles. The van der Waals surface area contributed by atoms with E-state index in [1.807, 2.05) is 25.1 Å². The van der Waals surface area contributed by atoms with Gasteiger partial charge in [0, 0.05) is 23.5 Å². The molecule has 1 heterocycles. The standard InChI is InChI=1S/C15H17FN2O/c1-10-4-5-12(8-15(10)16)17-9-13-7-14(19-3)6-11(2)18-13/h4-8,17H,9H2,1-3H3. The van der Waals surface area contributed by atoms with Gasteiger partial charge in [-0.25, -0.2) is 4.39 Å². The summed E-state index contributed by atoms with van der Waals surface area (Å²) in [4.78, 5) is 4.40. The summed E-state index contributed by atoms with van der Waals surface area (Å²) in [6, 6.07) is 8.83. The monoisotopic (exact) mass is 260 g/mol.